The number of aromatic nitrogens is 1. The number of anilines is 1. The standard InChI is InChI=1S/C14H13ClN2O4S/c1-8-14(9(2)21-16-8)22(19,20)17-6-5-13(18)11-7-10(15)3-4-12(11)17/h3-4,7H,5-6H2,1-2H3. The first-order valence-corrected chi connectivity index (χ1v) is 8.42. The van der Waals surface area contributed by atoms with Crippen LogP contribution in [0.3, 0.4) is 0 Å². The van der Waals surface area contributed by atoms with Crippen molar-refractivity contribution in [1.82, 2.24) is 5.16 Å². The van der Waals surface area contributed by atoms with Gasteiger partial charge in [0.25, 0.3) is 10.0 Å². The van der Waals surface area contributed by atoms with Gasteiger partial charge in [0.15, 0.2) is 16.4 Å². The minimum absolute atomic E-state index is 0.0442. The largest absolute Gasteiger partial charge is 0.360 e. The van der Waals surface area contributed by atoms with Gasteiger partial charge in [0, 0.05) is 23.6 Å². The molecule has 0 unspecified atom stereocenters. The number of ketones is 1. The average Bonchev–Trinajstić information content (AvgIpc) is 2.79. The molecular formula is C14H13ClN2O4S. The number of sulfonamides is 1. The third-order valence-corrected chi connectivity index (χ3v) is 5.88. The van der Waals surface area contributed by atoms with Gasteiger partial charge in [-0.15, -0.1) is 0 Å². The van der Waals surface area contributed by atoms with E-state index in [0.717, 1.165) is 0 Å². The van der Waals surface area contributed by atoms with E-state index in [1.54, 1.807) is 26.0 Å². The number of aryl methyl sites for hydroxylation is 2. The zero-order valence-corrected chi connectivity index (χ0v) is 13.5. The molecule has 0 N–H and O–H groups in total. The van der Waals surface area contributed by atoms with E-state index in [1.807, 2.05) is 0 Å². The van der Waals surface area contributed by atoms with Crippen molar-refractivity contribution >= 4 is 33.1 Å². The van der Waals surface area contributed by atoms with Crippen molar-refractivity contribution in [3.8, 4) is 0 Å². The molecule has 6 nitrogen and oxygen atoms in total. The predicted octanol–water partition coefficient (Wildman–Crippen LogP) is 2.73. The summed E-state index contributed by atoms with van der Waals surface area (Å²) in [5.74, 6) is 0.104. The van der Waals surface area contributed by atoms with Gasteiger partial charge < -0.3 is 4.52 Å². The van der Waals surface area contributed by atoms with Crippen molar-refractivity contribution in [1.29, 1.82) is 0 Å². The molecule has 0 bridgehead atoms. The van der Waals surface area contributed by atoms with Gasteiger partial charge in [0.1, 0.15) is 5.69 Å². The first kappa shape index (κ1) is 15.1. The molecule has 2 aromatic rings. The van der Waals surface area contributed by atoms with Gasteiger partial charge in [-0.2, -0.15) is 0 Å². The van der Waals surface area contributed by atoms with E-state index in [4.69, 9.17) is 16.1 Å². The number of benzene rings is 1. The third-order valence-electron chi connectivity index (χ3n) is 3.59. The van der Waals surface area contributed by atoms with Crippen LogP contribution < -0.4 is 4.31 Å². The van der Waals surface area contributed by atoms with Crippen molar-refractivity contribution in [2.24, 2.45) is 0 Å². The molecule has 1 aliphatic heterocycles. The Kier molecular flexibility index (Phi) is 3.49. The SMILES string of the molecule is Cc1noc(C)c1S(=O)(=O)N1CCC(=O)c2cc(Cl)ccc21. The number of hydrogen-bond acceptors (Lipinski definition) is 5. The van der Waals surface area contributed by atoms with Crippen molar-refractivity contribution in [2.75, 3.05) is 10.8 Å². The Bertz CT molecular complexity index is 853. The van der Waals surface area contributed by atoms with Crippen molar-refractivity contribution in [3.05, 3.63) is 40.2 Å². The second-order valence-electron chi connectivity index (χ2n) is 5.07. The van der Waals surface area contributed by atoms with Crippen LogP contribution in [-0.2, 0) is 10.0 Å². The van der Waals surface area contributed by atoms with Gasteiger partial charge in [-0.05, 0) is 32.0 Å². The third kappa shape index (κ3) is 2.21. The van der Waals surface area contributed by atoms with Crippen molar-refractivity contribution < 1.29 is 17.7 Å². The van der Waals surface area contributed by atoms with E-state index in [0.29, 0.717) is 22.0 Å². The monoisotopic (exact) mass is 340 g/mol. The predicted molar refractivity (Wildman–Crippen MR) is 80.9 cm³/mol. The highest BCUT2D eigenvalue weighted by Crippen LogP contribution is 2.35. The van der Waals surface area contributed by atoms with Crippen LogP contribution in [0.4, 0.5) is 5.69 Å². The lowest BCUT2D eigenvalue weighted by Gasteiger charge is -2.29. The summed E-state index contributed by atoms with van der Waals surface area (Å²) in [6, 6.07) is 4.60. The van der Waals surface area contributed by atoms with Crippen molar-refractivity contribution in [3.63, 3.8) is 0 Å². The first-order valence-electron chi connectivity index (χ1n) is 6.60. The Morgan fingerprint density at radius 3 is 2.68 bits per heavy atom. The quantitative estimate of drug-likeness (QED) is 0.839. The van der Waals surface area contributed by atoms with Gasteiger partial charge >= 0.3 is 0 Å². The minimum Gasteiger partial charge on any atom is -0.360 e. The maximum Gasteiger partial charge on any atom is 0.269 e. The topological polar surface area (TPSA) is 80.5 Å². The lowest BCUT2D eigenvalue weighted by atomic mass is 10.0. The van der Waals surface area contributed by atoms with E-state index in [9.17, 15) is 13.2 Å². The summed E-state index contributed by atoms with van der Waals surface area (Å²) in [5, 5.41) is 4.09. The molecule has 2 heterocycles. The van der Waals surface area contributed by atoms with Crippen LogP contribution in [0.15, 0.2) is 27.6 Å². The molecule has 0 fully saturated rings. The molecule has 1 aliphatic rings. The highest BCUT2D eigenvalue weighted by atomic mass is 35.5. The lowest BCUT2D eigenvalue weighted by molar-refractivity contribution is 0.0982. The molecule has 0 aliphatic carbocycles. The fraction of sp³-hybridized carbons (Fsp3) is 0.286. The number of rotatable bonds is 2. The zero-order chi connectivity index (χ0) is 16.1. The summed E-state index contributed by atoms with van der Waals surface area (Å²) in [6.45, 7) is 3.20. The van der Waals surface area contributed by atoms with Gasteiger partial charge in [-0.25, -0.2) is 8.42 Å². The van der Waals surface area contributed by atoms with Gasteiger partial charge in [-0.3, -0.25) is 9.10 Å². The first-order chi connectivity index (χ1) is 10.3. The summed E-state index contributed by atoms with van der Waals surface area (Å²) in [7, 11) is -3.85. The average molecular weight is 341 g/mol. The number of nitrogens with zero attached hydrogens (tertiary/aromatic N) is 2. The lowest BCUT2D eigenvalue weighted by Crippen LogP contribution is -2.37. The van der Waals surface area contributed by atoms with Crippen LogP contribution in [0, 0.1) is 13.8 Å². The number of carbonyl (C=O) groups excluding carboxylic acids is 1. The Balaban J connectivity index is 2.18. The summed E-state index contributed by atoms with van der Waals surface area (Å²) >= 11 is 5.91. The van der Waals surface area contributed by atoms with Crippen LogP contribution in [0.5, 0.6) is 0 Å². The molecule has 22 heavy (non-hydrogen) atoms. The Labute approximate surface area is 132 Å². The maximum absolute atomic E-state index is 12.9. The summed E-state index contributed by atoms with van der Waals surface area (Å²) in [5.41, 5.74) is 0.944. The van der Waals surface area contributed by atoms with E-state index >= 15 is 0 Å². The molecule has 0 spiro atoms. The van der Waals surface area contributed by atoms with Crippen LogP contribution in [0.1, 0.15) is 28.2 Å². The highest BCUT2D eigenvalue weighted by molar-refractivity contribution is 7.93. The molecule has 8 heteroatoms. The second-order valence-corrected chi connectivity index (χ2v) is 7.30. The molecule has 0 amide bonds. The molecule has 1 aromatic carbocycles. The van der Waals surface area contributed by atoms with Gasteiger partial charge in [0.2, 0.25) is 0 Å². The Hall–Kier alpha value is -1.86. The molecule has 1 aromatic heterocycles. The van der Waals surface area contributed by atoms with Crippen LogP contribution in [0.2, 0.25) is 5.02 Å². The fourth-order valence-electron chi connectivity index (χ4n) is 2.61. The summed E-state index contributed by atoms with van der Waals surface area (Å²) in [4.78, 5) is 12.1. The number of hydrogen-bond donors (Lipinski definition) is 0. The molecule has 0 saturated carbocycles. The molecule has 0 atom stereocenters. The molecule has 0 saturated heterocycles. The van der Waals surface area contributed by atoms with E-state index in [1.165, 1.54) is 10.4 Å². The summed E-state index contributed by atoms with van der Waals surface area (Å²) in [6.07, 6.45) is 0.107. The molecule has 0 radical (unpaired) electrons. The molecule has 116 valence electrons. The zero-order valence-electron chi connectivity index (χ0n) is 12.0. The normalized spacial score (nSPS) is 15.0. The van der Waals surface area contributed by atoms with Gasteiger partial charge in [-0.1, -0.05) is 16.8 Å². The van der Waals surface area contributed by atoms with Crippen LogP contribution in [0.25, 0.3) is 0 Å². The van der Waals surface area contributed by atoms with Crippen LogP contribution in [-0.4, -0.2) is 25.9 Å². The molecular weight excluding hydrogens is 328 g/mol. The van der Waals surface area contributed by atoms with E-state index in [-0.39, 0.29) is 29.4 Å². The second kappa shape index (κ2) is 5.10. The number of carbonyl (C=O) groups is 1. The number of Topliss-reactive ketones (excluding diaryl/α,β-unsaturated/α-hetero) is 1. The van der Waals surface area contributed by atoms with E-state index < -0.39 is 10.0 Å². The summed E-state index contributed by atoms with van der Waals surface area (Å²) < 4.78 is 32.0. The Morgan fingerprint density at radius 1 is 1.32 bits per heavy atom. The smallest absolute Gasteiger partial charge is 0.269 e. The minimum atomic E-state index is -3.85. The Morgan fingerprint density at radius 2 is 2.05 bits per heavy atom. The van der Waals surface area contributed by atoms with Gasteiger partial charge in [0.05, 0.1) is 5.69 Å². The number of halogens is 1. The van der Waals surface area contributed by atoms with Crippen molar-refractivity contribution in [2.45, 2.75) is 25.2 Å². The maximum atomic E-state index is 12.9. The number of fused-ring (bicyclic) bond motifs is 1. The fourth-order valence-corrected chi connectivity index (χ4v) is 4.56. The van der Waals surface area contributed by atoms with Crippen LogP contribution >= 0.6 is 11.6 Å². The highest BCUT2D eigenvalue weighted by Gasteiger charge is 2.36. The molecule has 3 rings (SSSR count). The van der Waals surface area contributed by atoms with E-state index in [2.05, 4.69) is 5.16 Å².